The molecule has 730 valence electrons. The number of aliphatic hydroxyl groups is 1. The molecule has 0 saturated carbocycles. The van der Waals surface area contributed by atoms with E-state index in [1.54, 1.807) is 132 Å². The number of ether oxygens (including phenoxy) is 4. The smallest absolute Gasteiger partial charge is 0.433 e. The molecule has 0 aliphatic rings. The number of anilines is 3. The number of nitrogens with two attached hydrogens (primary N) is 1. The number of aryl methyl sites for hydroxylation is 2. The summed E-state index contributed by atoms with van der Waals surface area (Å²) in [7, 11) is -1.77. The Morgan fingerprint density at radius 1 is 0.450 bits per heavy atom. The second-order valence-corrected chi connectivity index (χ2v) is 42.3. The number of pyridine rings is 10. The molecule has 140 heavy (non-hydrogen) atoms. The first-order valence-electron chi connectivity index (χ1n) is 43.8. The molecular formula is C105H113F6N17O11Si. The third-order valence-corrected chi connectivity index (χ3v) is 27.6. The Labute approximate surface area is 810 Å². The predicted octanol–water partition coefficient (Wildman–Crippen LogP) is 22.7. The second kappa shape index (κ2) is 46.9. The Kier molecular flexibility index (Phi) is 36.7. The molecular weight excluding hydrogens is 1820 g/mol. The van der Waals surface area contributed by atoms with E-state index in [0.29, 0.717) is 92.5 Å². The van der Waals surface area contributed by atoms with Crippen LogP contribution in [0, 0.1) is 49.4 Å². The number of halogens is 6. The predicted molar refractivity (Wildman–Crippen MR) is 531 cm³/mol. The van der Waals surface area contributed by atoms with Crippen LogP contribution in [0.15, 0.2) is 190 Å². The number of H-pyrrole nitrogens is 3. The summed E-state index contributed by atoms with van der Waals surface area (Å²) in [5.74, 6) is 11.3. The molecule has 14 aromatic heterocycles. The lowest BCUT2D eigenvalue weighted by atomic mass is 10.0. The molecule has 0 aromatic carbocycles. The van der Waals surface area contributed by atoms with Gasteiger partial charge in [0.2, 0.25) is 0 Å². The molecule has 0 fully saturated rings. The van der Waals surface area contributed by atoms with Crippen LogP contribution in [-0.4, -0.2) is 142 Å². The molecule has 0 radical (unpaired) electrons. The maximum atomic E-state index is 12.8. The number of fused-ring (bicyclic) bond motifs is 4. The van der Waals surface area contributed by atoms with Gasteiger partial charge in [0.25, 0.3) is 0 Å². The van der Waals surface area contributed by atoms with Crippen molar-refractivity contribution in [2.75, 3.05) is 15.5 Å². The minimum Gasteiger partial charge on any atom is -0.443 e. The summed E-state index contributed by atoms with van der Waals surface area (Å²) in [6.07, 6.45) is 35.3. The van der Waals surface area contributed by atoms with Crippen LogP contribution in [0.2, 0.25) is 16.6 Å². The average molecular weight is 1930 g/mol. The van der Waals surface area contributed by atoms with Crippen LogP contribution in [0.3, 0.4) is 0 Å². The van der Waals surface area contributed by atoms with Gasteiger partial charge in [0.05, 0.1) is 0 Å². The van der Waals surface area contributed by atoms with E-state index >= 15 is 0 Å². The third kappa shape index (κ3) is 28.9. The molecule has 28 nitrogen and oxygen atoms in total. The van der Waals surface area contributed by atoms with Crippen LogP contribution in [0.4, 0.5) is 63.0 Å². The number of terminal acetylenes is 4. The lowest BCUT2D eigenvalue weighted by Gasteiger charge is -2.44. The van der Waals surface area contributed by atoms with Gasteiger partial charge in [0, 0.05) is 165 Å². The number of aldehydes is 2. The molecule has 4 amide bonds. The van der Waals surface area contributed by atoms with Gasteiger partial charge in [-0.25, -0.2) is 54.1 Å². The maximum Gasteiger partial charge on any atom is 0.433 e. The van der Waals surface area contributed by atoms with Crippen molar-refractivity contribution in [2.24, 2.45) is 0 Å². The number of nitrogen functional groups attached to an aromatic ring is 1. The van der Waals surface area contributed by atoms with Gasteiger partial charge in [-0.3, -0.25) is 24.5 Å². The number of hydrogen-bond donors (Lipinski definition) is 5. The monoisotopic (exact) mass is 1930 g/mol. The summed E-state index contributed by atoms with van der Waals surface area (Å²) in [4.78, 5) is 122. The number of aliphatic hydroxyl groups excluding tert-OH is 1. The molecule has 14 heterocycles. The number of carbonyl (C=O) groups is 6. The quantitative estimate of drug-likeness (QED) is 0.0186. The third-order valence-electron chi connectivity index (χ3n) is 20.9. The van der Waals surface area contributed by atoms with Gasteiger partial charge in [-0.1, -0.05) is 96.9 Å². The maximum absolute atomic E-state index is 12.8. The highest BCUT2D eigenvalue weighted by atomic mass is 28.3. The molecule has 14 aromatic rings. The van der Waals surface area contributed by atoms with Crippen molar-refractivity contribution in [2.45, 2.75) is 215 Å². The molecule has 14 rings (SSSR count). The fraction of sp³-hybridized carbons (Fsp3) is 0.314. The number of aromatic nitrogens is 14. The van der Waals surface area contributed by atoms with Crippen molar-refractivity contribution in [3.8, 4) is 49.4 Å². The van der Waals surface area contributed by atoms with Crippen LogP contribution >= 0.6 is 0 Å². The normalized spacial score (nSPS) is 11.7. The van der Waals surface area contributed by atoms with Gasteiger partial charge in [-0.05, 0) is 225 Å². The van der Waals surface area contributed by atoms with Crippen LogP contribution < -0.4 is 15.5 Å². The van der Waals surface area contributed by atoms with Crippen molar-refractivity contribution in [1.82, 2.24) is 69.0 Å². The van der Waals surface area contributed by atoms with Crippen molar-refractivity contribution < 1.29 is 79.2 Å². The topological polar surface area (TPSA) is 373 Å². The zero-order valence-corrected chi connectivity index (χ0v) is 81.2. The van der Waals surface area contributed by atoms with Crippen molar-refractivity contribution in [3.63, 3.8) is 0 Å². The summed E-state index contributed by atoms with van der Waals surface area (Å²) in [6, 6.07) is 27.2. The zero-order valence-electron chi connectivity index (χ0n) is 80.2. The average Bonchev–Trinajstić information content (AvgIpc) is 1.55. The van der Waals surface area contributed by atoms with E-state index in [2.05, 4.69) is 147 Å². The van der Waals surface area contributed by atoms with Gasteiger partial charge in [-0.2, -0.15) is 36.1 Å². The molecule has 0 spiro atoms. The van der Waals surface area contributed by atoms with Crippen molar-refractivity contribution >= 4 is 107 Å². The molecule has 0 aliphatic heterocycles. The molecule has 1 atom stereocenters. The Balaban J connectivity index is 0.000000210. The van der Waals surface area contributed by atoms with E-state index in [4.69, 9.17) is 50.4 Å². The van der Waals surface area contributed by atoms with Crippen molar-refractivity contribution in [1.29, 1.82) is 0 Å². The first kappa shape index (κ1) is 110. The minimum atomic E-state index is -4.44. The molecule has 0 saturated heterocycles. The van der Waals surface area contributed by atoms with E-state index in [1.807, 2.05) is 61.2 Å². The van der Waals surface area contributed by atoms with Gasteiger partial charge in [0.1, 0.15) is 79.9 Å². The van der Waals surface area contributed by atoms with E-state index < -0.39 is 84.9 Å². The number of carbonyl (C=O) groups excluding carboxylic acids is 6. The number of imide groups is 2. The van der Waals surface area contributed by atoms with Crippen LogP contribution in [0.25, 0.3) is 44.1 Å². The van der Waals surface area contributed by atoms with Crippen LogP contribution in [0.1, 0.15) is 237 Å². The van der Waals surface area contributed by atoms with Gasteiger partial charge in [0.15, 0.2) is 20.8 Å². The van der Waals surface area contributed by atoms with Gasteiger partial charge < -0.3 is 49.0 Å². The lowest BCUT2D eigenvalue weighted by Crippen LogP contribution is -2.51. The number of rotatable bonds is 17. The van der Waals surface area contributed by atoms with E-state index in [0.717, 1.165) is 119 Å². The molecule has 0 aliphatic carbocycles. The standard InChI is InChI=1S/C25H28N4O5.C23H17F3N4.C18H26N2Si.C16H22N2O5.C15H12N4.C7H4F3NO.CH4/c1-8-15-11-12-26-21-19(15)17(14-28-21)20(30)16-9-10-18(27-13-16)29(22(31)33-24(2,3)4)23(32)34-25(5,6)7;1-2-17-9-10-27-22-21(17)18(14-30-22)11-16-4-7-19(28-13-16)6-3-15-5-8-20(29-12-15)23(24,25)26;1-8-16-9-11-19-18-17(16)10-12-20(18)21(13(2)3,14(4)5)15(6)7;1-15(2,3)22-13(20)18(14(21)23-16(4,5)6)12-8-7-11(10-19)9-17-12;1-2-11-5-6-17-15-14(11)12(9-19-15)7-10-3-4-13(16)18-8-10;8-7(9,10)6-2-1-5(4-12)3-11-6;/h1,9-14,20,30H,2-7H3,(H,26,28);1,4-5,7-10,12-14H,3,6,11H2,(H,27,30);1,9-15H,2-7H3;7-10H,1-6H3;1,3-6,8-9H,7H2,(H2,16,18)(H,17,19);1-4H;1H4. The molecule has 35 heteroatoms. The number of aromatic amines is 3. The van der Waals surface area contributed by atoms with Gasteiger partial charge >= 0.3 is 36.7 Å². The highest BCUT2D eigenvalue weighted by molar-refractivity contribution is 6.82. The fourth-order valence-corrected chi connectivity index (χ4v) is 21.6. The Hall–Kier alpha value is -15.7. The first-order valence-corrected chi connectivity index (χ1v) is 45.9. The van der Waals surface area contributed by atoms with Crippen LogP contribution in [0.5, 0.6) is 0 Å². The molecule has 6 N–H and O–H groups in total. The Bertz CT molecular complexity index is 6730. The largest absolute Gasteiger partial charge is 0.443 e. The van der Waals surface area contributed by atoms with Crippen LogP contribution in [-0.2, 0) is 57.0 Å². The Morgan fingerprint density at radius 2 is 0.836 bits per heavy atom. The molecule has 0 bridgehead atoms. The summed E-state index contributed by atoms with van der Waals surface area (Å²) in [6.45, 7) is 34.4. The Morgan fingerprint density at radius 3 is 1.21 bits per heavy atom. The number of nitrogens with one attached hydrogen (secondary N) is 3. The number of amides is 4. The number of hydrogen-bond acceptors (Lipinski definition) is 22. The van der Waals surface area contributed by atoms with E-state index in [1.165, 1.54) is 42.9 Å². The minimum absolute atomic E-state index is 0. The summed E-state index contributed by atoms with van der Waals surface area (Å²) in [5, 5.41) is 14.7. The summed E-state index contributed by atoms with van der Waals surface area (Å²) < 4.78 is 97.1. The second-order valence-electron chi connectivity index (χ2n) is 36.6. The summed E-state index contributed by atoms with van der Waals surface area (Å²) >= 11 is 0. The zero-order chi connectivity index (χ0) is 102. The van der Waals surface area contributed by atoms with E-state index in [9.17, 15) is 60.2 Å². The summed E-state index contributed by atoms with van der Waals surface area (Å²) in [5.41, 5.74) is 16.0. The molecule has 1 unspecified atom stereocenters. The fourth-order valence-electron chi connectivity index (χ4n) is 15.1. The highest BCUT2D eigenvalue weighted by Crippen LogP contribution is 2.45. The number of nitrogens with zero attached hydrogens (tertiary/aromatic N) is 13. The first-order chi connectivity index (χ1) is 65.3. The van der Waals surface area contributed by atoms with Gasteiger partial charge in [-0.15, -0.1) is 25.7 Å². The SMILES string of the molecule is C.C#Cc1ccnc2[nH]cc(C(O)c3ccc(N(C(=O)OC(C)(C)C)C(=O)OC(C)(C)C)nc3)c12.C#Cc1ccnc2[nH]cc(Cc3ccc(CCc4ccc(C(F)(F)F)nc4)nc3)c12.C#Cc1ccnc2[nH]cc(Cc3ccc(N)nc3)c12.C#Cc1ccnc2c1ccn2[Si](C(C)C)(C(C)C)C(C)C.CC(C)(C)OC(=O)N(C(=O)OC(C)(C)C)c1ccc(C=O)cn1.O=Cc1ccc(C(F)(F)F)nc1. The number of alkyl halides is 6. The van der Waals surface area contributed by atoms with Crippen molar-refractivity contribution in [3.05, 3.63) is 279 Å². The van der Waals surface area contributed by atoms with E-state index in [-0.39, 0.29) is 24.6 Å². The lowest BCUT2D eigenvalue weighted by molar-refractivity contribution is -0.142. The highest BCUT2D eigenvalue weighted by Gasteiger charge is 2.46.